The third-order valence-corrected chi connectivity index (χ3v) is 2.83. The number of unbranched alkanes of at least 4 members (excludes halogenated alkanes) is 4. The first-order valence-corrected chi connectivity index (χ1v) is 6.23. The molecule has 0 fully saturated rings. The molecular formula is C13H29N. The van der Waals surface area contributed by atoms with E-state index in [0.29, 0.717) is 11.5 Å². The molecule has 0 heterocycles. The van der Waals surface area contributed by atoms with Crippen LogP contribution in [0.3, 0.4) is 0 Å². The molecule has 0 spiro atoms. The molecule has 14 heavy (non-hydrogen) atoms. The van der Waals surface area contributed by atoms with Crippen LogP contribution in [-0.2, 0) is 0 Å². The summed E-state index contributed by atoms with van der Waals surface area (Å²) in [6.45, 7) is 9.06. The molecule has 1 heteroatoms. The Morgan fingerprint density at radius 2 is 1.64 bits per heavy atom. The molecule has 0 aliphatic heterocycles. The molecule has 0 amide bonds. The molecular weight excluding hydrogens is 170 g/mol. The summed E-state index contributed by atoms with van der Waals surface area (Å²) in [6.07, 6.45) is 9.40. The van der Waals surface area contributed by atoms with Crippen molar-refractivity contribution in [3.63, 3.8) is 0 Å². The van der Waals surface area contributed by atoms with Crippen molar-refractivity contribution in [2.24, 2.45) is 11.1 Å². The quantitative estimate of drug-likeness (QED) is 0.585. The second kappa shape index (κ2) is 7.28. The maximum Gasteiger partial charge on any atom is 0.00155 e. The Bertz CT molecular complexity index is 127. The Morgan fingerprint density at radius 3 is 2.14 bits per heavy atom. The van der Waals surface area contributed by atoms with Crippen LogP contribution in [0.2, 0.25) is 0 Å². The Morgan fingerprint density at radius 1 is 1.07 bits per heavy atom. The van der Waals surface area contributed by atoms with E-state index in [4.69, 9.17) is 5.73 Å². The summed E-state index contributed by atoms with van der Waals surface area (Å²) in [5.74, 6) is 0. The van der Waals surface area contributed by atoms with Crippen LogP contribution in [0.25, 0.3) is 0 Å². The van der Waals surface area contributed by atoms with Crippen LogP contribution in [0.5, 0.6) is 0 Å². The number of nitrogens with two attached hydrogens (primary N) is 1. The molecule has 1 unspecified atom stereocenters. The molecule has 1 atom stereocenters. The molecule has 2 N–H and O–H groups in total. The van der Waals surface area contributed by atoms with Gasteiger partial charge in [-0.05, 0) is 25.2 Å². The Kier molecular flexibility index (Phi) is 7.26. The van der Waals surface area contributed by atoms with Crippen LogP contribution in [0.1, 0.15) is 72.6 Å². The summed E-state index contributed by atoms with van der Waals surface area (Å²) in [7, 11) is 0. The average Bonchev–Trinajstić information content (AvgIpc) is 2.01. The standard InChI is InChI=1S/C13H29N/c1-5-6-7-8-9-10-13(3,4)11-12(2)14/h12H,5-11,14H2,1-4H3. The lowest BCUT2D eigenvalue weighted by atomic mass is 9.81. The largest absolute Gasteiger partial charge is 0.328 e. The zero-order chi connectivity index (χ0) is 11.0. The number of hydrogen-bond acceptors (Lipinski definition) is 1. The topological polar surface area (TPSA) is 26.0 Å². The molecule has 0 saturated heterocycles. The summed E-state index contributed by atoms with van der Waals surface area (Å²) in [4.78, 5) is 0. The molecule has 0 bridgehead atoms. The van der Waals surface area contributed by atoms with E-state index in [9.17, 15) is 0 Å². The minimum absolute atomic E-state index is 0.348. The highest BCUT2D eigenvalue weighted by Crippen LogP contribution is 2.28. The first-order valence-electron chi connectivity index (χ1n) is 6.23. The molecule has 1 nitrogen and oxygen atoms in total. The lowest BCUT2D eigenvalue weighted by molar-refractivity contribution is 0.276. The van der Waals surface area contributed by atoms with Crippen LogP contribution in [0.4, 0.5) is 0 Å². The van der Waals surface area contributed by atoms with Gasteiger partial charge >= 0.3 is 0 Å². The van der Waals surface area contributed by atoms with E-state index in [-0.39, 0.29) is 0 Å². The molecule has 0 radical (unpaired) electrons. The average molecular weight is 199 g/mol. The summed E-state index contributed by atoms with van der Waals surface area (Å²) >= 11 is 0. The van der Waals surface area contributed by atoms with E-state index in [2.05, 4.69) is 27.7 Å². The highest BCUT2D eigenvalue weighted by atomic mass is 14.6. The molecule has 0 aliphatic rings. The van der Waals surface area contributed by atoms with Crippen molar-refractivity contribution in [2.45, 2.75) is 78.7 Å². The van der Waals surface area contributed by atoms with E-state index in [0.717, 1.165) is 6.42 Å². The van der Waals surface area contributed by atoms with Crippen molar-refractivity contribution in [3.8, 4) is 0 Å². The SMILES string of the molecule is CCCCCCCC(C)(C)CC(C)N. The fourth-order valence-electron chi connectivity index (χ4n) is 2.18. The lowest BCUT2D eigenvalue weighted by Crippen LogP contribution is -2.24. The predicted molar refractivity (Wildman–Crippen MR) is 65.4 cm³/mol. The summed E-state index contributed by atoms with van der Waals surface area (Å²) in [5.41, 5.74) is 6.28. The minimum Gasteiger partial charge on any atom is -0.328 e. The molecule has 0 aliphatic carbocycles. The van der Waals surface area contributed by atoms with Gasteiger partial charge in [0.05, 0.1) is 0 Å². The van der Waals surface area contributed by atoms with Crippen LogP contribution >= 0.6 is 0 Å². The van der Waals surface area contributed by atoms with Gasteiger partial charge in [-0.1, -0.05) is 52.9 Å². The summed E-state index contributed by atoms with van der Waals surface area (Å²) < 4.78 is 0. The molecule has 0 rings (SSSR count). The van der Waals surface area contributed by atoms with Gasteiger partial charge in [-0.3, -0.25) is 0 Å². The van der Waals surface area contributed by atoms with E-state index < -0.39 is 0 Å². The maximum atomic E-state index is 5.83. The van der Waals surface area contributed by atoms with Gasteiger partial charge in [0.2, 0.25) is 0 Å². The van der Waals surface area contributed by atoms with Crippen molar-refractivity contribution in [1.29, 1.82) is 0 Å². The zero-order valence-electron chi connectivity index (χ0n) is 10.6. The van der Waals surface area contributed by atoms with Gasteiger partial charge in [-0.2, -0.15) is 0 Å². The minimum atomic E-state index is 0.348. The van der Waals surface area contributed by atoms with Gasteiger partial charge in [0.1, 0.15) is 0 Å². The number of rotatable bonds is 8. The van der Waals surface area contributed by atoms with Gasteiger partial charge in [-0.25, -0.2) is 0 Å². The van der Waals surface area contributed by atoms with Crippen LogP contribution < -0.4 is 5.73 Å². The third-order valence-electron chi connectivity index (χ3n) is 2.83. The summed E-state index contributed by atoms with van der Waals surface area (Å²) in [6, 6.07) is 0.348. The lowest BCUT2D eigenvalue weighted by Gasteiger charge is -2.26. The van der Waals surface area contributed by atoms with E-state index in [1.807, 2.05) is 0 Å². The molecule has 86 valence electrons. The van der Waals surface area contributed by atoms with Crippen molar-refractivity contribution in [1.82, 2.24) is 0 Å². The van der Waals surface area contributed by atoms with E-state index >= 15 is 0 Å². The molecule has 0 saturated carbocycles. The third kappa shape index (κ3) is 8.55. The fourth-order valence-corrected chi connectivity index (χ4v) is 2.18. The second-order valence-electron chi connectivity index (χ2n) is 5.51. The highest BCUT2D eigenvalue weighted by molar-refractivity contribution is 4.72. The maximum absolute atomic E-state index is 5.83. The monoisotopic (exact) mass is 199 g/mol. The molecule has 0 aromatic heterocycles. The first kappa shape index (κ1) is 14.0. The van der Waals surface area contributed by atoms with Crippen LogP contribution in [0.15, 0.2) is 0 Å². The molecule has 0 aromatic rings. The smallest absolute Gasteiger partial charge is 0.00155 e. The van der Waals surface area contributed by atoms with Gasteiger partial charge in [-0.15, -0.1) is 0 Å². The van der Waals surface area contributed by atoms with Gasteiger partial charge in [0, 0.05) is 6.04 Å². The highest BCUT2D eigenvalue weighted by Gasteiger charge is 2.18. The number of hydrogen-bond donors (Lipinski definition) is 1. The van der Waals surface area contributed by atoms with Gasteiger partial charge in [0.25, 0.3) is 0 Å². The summed E-state index contributed by atoms with van der Waals surface area (Å²) in [5, 5.41) is 0. The fraction of sp³-hybridized carbons (Fsp3) is 1.00. The Hall–Kier alpha value is -0.0400. The zero-order valence-corrected chi connectivity index (χ0v) is 10.6. The van der Waals surface area contributed by atoms with Crippen molar-refractivity contribution in [3.05, 3.63) is 0 Å². The van der Waals surface area contributed by atoms with Crippen LogP contribution in [0, 0.1) is 5.41 Å². The predicted octanol–water partition coefficient (Wildman–Crippen LogP) is 4.11. The van der Waals surface area contributed by atoms with Crippen LogP contribution in [-0.4, -0.2) is 6.04 Å². The Balaban J connectivity index is 3.45. The first-order chi connectivity index (χ1) is 6.48. The van der Waals surface area contributed by atoms with E-state index in [1.54, 1.807) is 0 Å². The Labute approximate surface area is 90.5 Å². The normalized spacial score (nSPS) is 14.4. The van der Waals surface area contributed by atoms with E-state index in [1.165, 1.54) is 38.5 Å². The molecule has 0 aromatic carbocycles. The van der Waals surface area contributed by atoms with Crippen molar-refractivity contribution < 1.29 is 0 Å². The van der Waals surface area contributed by atoms with Crippen molar-refractivity contribution in [2.75, 3.05) is 0 Å². The van der Waals surface area contributed by atoms with Gasteiger partial charge in [0.15, 0.2) is 0 Å². The van der Waals surface area contributed by atoms with Crippen molar-refractivity contribution >= 4 is 0 Å². The second-order valence-corrected chi connectivity index (χ2v) is 5.51. The van der Waals surface area contributed by atoms with Gasteiger partial charge < -0.3 is 5.73 Å².